The number of benzene rings is 2. The molecule has 6 heteroatoms. The lowest BCUT2D eigenvalue weighted by atomic mass is 10.2. The summed E-state index contributed by atoms with van der Waals surface area (Å²) in [6, 6.07) is 15.4. The van der Waals surface area contributed by atoms with Crippen molar-refractivity contribution >= 4 is 12.0 Å². The topological polar surface area (TPSA) is 68.0 Å². The van der Waals surface area contributed by atoms with Gasteiger partial charge in [0.2, 0.25) is 17.6 Å². The zero-order valence-electron chi connectivity index (χ0n) is 13.4. The minimum atomic E-state index is -0.321. The van der Waals surface area contributed by atoms with Gasteiger partial charge in [0, 0.05) is 24.6 Å². The lowest BCUT2D eigenvalue weighted by Gasteiger charge is -1.98. The van der Waals surface area contributed by atoms with Crippen molar-refractivity contribution in [2.75, 3.05) is 6.54 Å². The van der Waals surface area contributed by atoms with Gasteiger partial charge in [0.1, 0.15) is 5.82 Å². The van der Waals surface area contributed by atoms with Gasteiger partial charge in [-0.2, -0.15) is 4.98 Å². The second-order valence-corrected chi connectivity index (χ2v) is 5.30. The molecule has 1 N–H and O–H groups in total. The molecular formula is C19H16FN3O2. The van der Waals surface area contributed by atoms with Crippen LogP contribution in [0.4, 0.5) is 4.39 Å². The van der Waals surface area contributed by atoms with Gasteiger partial charge in [-0.1, -0.05) is 35.5 Å². The molecule has 1 aromatic heterocycles. The Bertz CT molecular complexity index is 858. The van der Waals surface area contributed by atoms with Gasteiger partial charge in [0.25, 0.3) is 0 Å². The second kappa shape index (κ2) is 8.01. The molecule has 0 bridgehead atoms. The summed E-state index contributed by atoms with van der Waals surface area (Å²) in [6.07, 6.45) is 3.64. The summed E-state index contributed by atoms with van der Waals surface area (Å²) >= 11 is 0. The molecule has 0 fully saturated rings. The molecule has 0 radical (unpaired) electrons. The van der Waals surface area contributed by atoms with Gasteiger partial charge in [-0.05, 0) is 35.9 Å². The molecule has 25 heavy (non-hydrogen) atoms. The maximum absolute atomic E-state index is 12.9. The van der Waals surface area contributed by atoms with E-state index in [-0.39, 0.29) is 11.7 Å². The number of amides is 1. The fourth-order valence-corrected chi connectivity index (χ4v) is 2.16. The summed E-state index contributed by atoms with van der Waals surface area (Å²) in [7, 11) is 0. The molecule has 3 aromatic rings. The maximum atomic E-state index is 12.9. The number of hydrogen-bond acceptors (Lipinski definition) is 4. The first-order valence-electron chi connectivity index (χ1n) is 7.80. The fraction of sp³-hybridized carbons (Fsp3) is 0.105. The largest absolute Gasteiger partial charge is 0.352 e. The third-order valence-corrected chi connectivity index (χ3v) is 3.44. The Morgan fingerprint density at radius 3 is 2.64 bits per heavy atom. The number of nitrogens with one attached hydrogen (secondary N) is 1. The molecule has 0 aliphatic heterocycles. The number of aromatic nitrogens is 2. The van der Waals surface area contributed by atoms with Gasteiger partial charge in [0.15, 0.2) is 0 Å². The zero-order chi connectivity index (χ0) is 17.5. The Hall–Kier alpha value is -3.28. The Balaban J connectivity index is 1.48. The van der Waals surface area contributed by atoms with E-state index in [2.05, 4.69) is 15.5 Å². The minimum Gasteiger partial charge on any atom is -0.352 e. The number of carbonyl (C=O) groups is 1. The highest BCUT2D eigenvalue weighted by atomic mass is 19.1. The van der Waals surface area contributed by atoms with Gasteiger partial charge in [-0.3, -0.25) is 4.79 Å². The van der Waals surface area contributed by atoms with Gasteiger partial charge < -0.3 is 9.84 Å². The van der Waals surface area contributed by atoms with Crippen molar-refractivity contribution in [3.05, 3.63) is 77.9 Å². The Labute approximate surface area is 144 Å². The van der Waals surface area contributed by atoms with Crippen LogP contribution >= 0.6 is 0 Å². The van der Waals surface area contributed by atoms with Crippen LogP contribution in [0.1, 0.15) is 11.5 Å². The normalized spacial score (nSPS) is 10.9. The SMILES string of the molecule is O=C(/C=C/c1ccccc1)NCCc1nc(-c2ccc(F)cc2)no1. The van der Waals surface area contributed by atoms with E-state index < -0.39 is 0 Å². The van der Waals surface area contributed by atoms with Crippen molar-refractivity contribution in [3.8, 4) is 11.4 Å². The minimum absolute atomic E-state index is 0.192. The number of halogens is 1. The van der Waals surface area contributed by atoms with E-state index in [1.165, 1.54) is 18.2 Å². The van der Waals surface area contributed by atoms with Crippen LogP contribution in [-0.4, -0.2) is 22.6 Å². The molecule has 0 saturated carbocycles. The average Bonchev–Trinajstić information content (AvgIpc) is 3.10. The molecule has 0 aliphatic carbocycles. The van der Waals surface area contributed by atoms with Crippen molar-refractivity contribution in [2.24, 2.45) is 0 Å². The van der Waals surface area contributed by atoms with Gasteiger partial charge in [-0.25, -0.2) is 4.39 Å². The molecular weight excluding hydrogens is 321 g/mol. The molecule has 0 spiro atoms. The molecule has 5 nitrogen and oxygen atoms in total. The monoisotopic (exact) mass is 337 g/mol. The number of hydrogen-bond donors (Lipinski definition) is 1. The van der Waals surface area contributed by atoms with Crippen molar-refractivity contribution in [2.45, 2.75) is 6.42 Å². The van der Waals surface area contributed by atoms with E-state index in [9.17, 15) is 9.18 Å². The number of carbonyl (C=O) groups excluding carboxylic acids is 1. The van der Waals surface area contributed by atoms with Crippen LogP contribution in [0.25, 0.3) is 17.5 Å². The summed E-state index contributed by atoms with van der Waals surface area (Å²) in [5, 5.41) is 6.61. The molecule has 0 aliphatic rings. The predicted octanol–water partition coefficient (Wildman–Crippen LogP) is 3.25. The summed E-state index contributed by atoms with van der Waals surface area (Å²) in [4.78, 5) is 16.0. The van der Waals surface area contributed by atoms with Crippen LogP contribution in [0, 0.1) is 5.82 Å². The van der Waals surface area contributed by atoms with Crippen LogP contribution < -0.4 is 5.32 Å². The van der Waals surface area contributed by atoms with Crippen molar-refractivity contribution in [1.82, 2.24) is 15.5 Å². The van der Waals surface area contributed by atoms with E-state index in [0.717, 1.165) is 5.56 Å². The zero-order valence-corrected chi connectivity index (χ0v) is 13.4. The van der Waals surface area contributed by atoms with Gasteiger partial charge >= 0.3 is 0 Å². The number of rotatable bonds is 6. The van der Waals surface area contributed by atoms with E-state index >= 15 is 0 Å². The van der Waals surface area contributed by atoms with Gasteiger partial charge in [-0.15, -0.1) is 0 Å². The first-order valence-corrected chi connectivity index (χ1v) is 7.80. The average molecular weight is 337 g/mol. The van der Waals surface area contributed by atoms with Crippen LogP contribution in [0.2, 0.25) is 0 Å². The molecule has 1 heterocycles. The first kappa shape index (κ1) is 16.6. The highest BCUT2D eigenvalue weighted by Gasteiger charge is 2.08. The van der Waals surface area contributed by atoms with E-state index in [0.29, 0.717) is 30.2 Å². The molecule has 0 unspecified atom stereocenters. The summed E-state index contributed by atoms with van der Waals surface area (Å²) in [6.45, 7) is 0.378. The third-order valence-electron chi connectivity index (χ3n) is 3.44. The third kappa shape index (κ3) is 4.84. The molecule has 126 valence electrons. The molecule has 1 amide bonds. The van der Waals surface area contributed by atoms with Crippen molar-refractivity contribution < 1.29 is 13.7 Å². The maximum Gasteiger partial charge on any atom is 0.244 e. The lowest BCUT2D eigenvalue weighted by molar-refractivity contribution is -0.116. The van der Waals surface area contributed by atoms with Crippen LogP contribution in [0.15, 0.2) is 65.2 Å². The molecule has 3 rings (SSSR count). The Morgan fingerprint density at radius 1 is 1.12 bits per heavy atom. The standard InChI is InChI=1S/C19H16FN3O2/c20-16-9-7-15(8-10-16)19-22-18(25-23-19)12-13-21-17(24)11-6-14-4-2-1-3-5-14/h1-11H,12-13H2,(H,21,24)/b11-6+. The molecule has 0 atom stereocenters. The van der Waals surface area contributed by atoms with E-state index in [1.54, 1.807) is 18.2 Å². The first-order chi connectivity index (χ1) is 12.2. The predicted molar refractivity (Wildman–Crippen MR) is 91.9 cm³/mol. The second-order valence-electron chi connectivity index (χ2n) is 5.30. The van der Waals surface area contributed by atoms with Crippen molar-refractivity contribution in [1.29, 1.82) is 0 Å². The number of nitrogens with zero attached hydrogens (tertiary/aromatic N) is 2. The Kier molecular flexibility index (Phi) is 5.31. The van der Waals surface area contributed by atoms with Crippen LogP contribution in [-0.2, 0) is 11.2 Å². The van der Waals surface area contributed by atoms with E-state index in [1.807, 2.05) is 30.3 Å². The summed E-state index contributed by atoms with van der Waals surface area (Å²) in [5.41, 5.74) is 1.63. The fourth-order valence-electron chi connectivity index (χ4n) is 2.16. The molecule has 0 saturated heterocycles. The smallest absolute Gasteiger partial charge is 0.244 e. The van der Waals surface area contributed by atoms with Gasteiger partial charge in [0.05, 0.1) is 0 Å². The highest BCUT2D eigenvalue weighted by molar-refractivity contribution is 5.91. The summed E-state index contributed by atoms with van der Waals surface area (Å²) < 4.78 is 18.0. The summed E-state index contributed by atoms with van der Waals surface area (Å²) in [5.74, 6) is 0.290. The van der Waals surface area contributed by atoms with E-state index in [4.69, 9.17) is 4.52 Å². The van der Waals surface area contributed by atoms with Crippen LogP contribution in [0.5, 0.6) is 0 Å². The van der Waals surface area contributed by atoms with Crippen molar-refractivity contribution in [3.63, 3.8) is 0 Å². The molecule has 2 aromatic carbocycles. The lowest BCUT2D eigenvalue weighted by Crippen LogP contribution is -2.23. The Morgan fingerprint density at radius 2 is 1.88 bits per heavy atom. The quantitative estimate of drug-likeness (QED) is 0.701. The van der Waals surface area contributed by atoms with Crippen LogP contribution in [0.3, 0.4) is 0 Å². The highest BCUT2D eigenvalue weighted by Crippen LogP contribution is 2.16.